The van der Waals surface area contributed by atoms with Crippen LogP contribution in [0.5, 0.6) is 0 Å². The van der Waals surface area contributed by atoms with Crippen LogP contribution in [0.3, 0.4) is 0 Å². The molecule has 0 N–H and O–H groups in total. The maximum Gasteiger partial charge on any atom is 0.181 e. The smallest absolute Gasteiger partial charge is 0.181 e. The predicted octanol–water partition coefficient (Wildman–Crippen LogP) is 4.48. The van der Waals surface area contributed by atoms with Crippen LogP contribution in [0.15, 0.2) is 46.9 Å². The Kier molecular flexibility index (Phi) is 2.06. The van der Waals surface area contributed by atoms with E-state index in [0.29, 0.717) is 0 Å². The molecule has 0 bridgehead atoms. The minimum atomic E-state index is -1.01. The molecule has 1 nitrogen and oxygen atoms in total. The molecular weight excluding hydrogens is 272 g/mol. The van der Waals surface area contributed by atoms with Gasteiger partial charge in [-0.3, -0.25) is 0 Å². The molecule has 1 unspecified atom stereocenters. The lowest BCUT2D eigenvalue weighted by atomic mass is 10.2. The number of thiophene rings is 1. The predicted molar refractivity (Wildman–Crippen MR) is 67.8 cm³/mol. The van der Waals surface area contributed by atoms with Gasteiger partial charge in [-0.25, -0.2) is 0 Å². The Balaban J connectivity index is 2.63. The van der Waals surface area contributed by atoms with E-state index in [1.165, 1.54) is 0 Å². The zero-order valence-electron chi connectivity index (χ0n) is 7.74. The SMILES string of the molecule is [O-][s+]1c2ccccc2c2ccc(Br)cc21. The molecule has 0 amide bonds. The standard InChI is InChI=1S/C12H7BrOS/c13-8-5-6-10-9-3-1-2-4-11(9)15(14)12(10)7-8/h1-7H. The lowest BCUT2D eigenvalue weighted by Crippen LogP contribution is -1.65. The fourth-order valence-electron chi connectivity index (χ4n) is 1.84. The van der Waals surface area contributed by atoms with E-state index < -0.39 is 10.8 Å². The lowest BCUT2D eigenvalue weighted by molar-refractivity contribution is 0.602. The minimum absolute atomic E-state index is 0.908. The maximum absolute atomic E-state index is 12.1. The number of hydrogen-bond donors (Lipinski definition) is 0. The van der Waals surface area contributed by atoms with Gasteiger partial charge in [0.15, 0.2) is 9.40 Å². The minimum Gasteiger partial charge on any atom is -0.590 e. The van der Waals surface area contributed by atoms with Crippen molar-refractivity contribution in [2.75, 3.05) is 0 Å². The van der Waals surface area contributed by atoms with Crippen LogP contribution in [0.1, 0.15) is 0 Å². The summed E-state index contributed by atoms with van der Waals surface area (Å²) in [5.74, 6) is 0. The molecule has 2 aromatic carbocycles. The van der Waals surface area contributed by atoms with Crippen molar-refractivity contribution in [1.29, 1.82) is 0 Å². The first-order valence-electron chi connectivity index (χ1n) is 4.58. The van der Waals surface area contributed by atoms with Crippen LogP contribution in [0.2, 0.25) is 0 Å². The molecular formula is C12H7BrOS. The molecule has 0 saturated carbocycles. The zero-order valence-corrected chi connectivity index (χ0v) is 10.1. The van der Waals surface area contributed by atoms with Gasteiger partial charge in [0.05, 0.1) is 0 Å². The number of halogens is 1. The maximum atomic E-state index is 12.1. The van der Waals surface area contributed by atoms with E-state index in [-0.39, 0.29) is 0 Å². The average molecular weight is 279 g/mol. The second-order valence-electron chi connectivity index (χ2n) is 3.41. The molecule has 3 rings (SSSR count). The number of rotatable bonds is 0. The molecule has 3 aromatic rings. The summed E-state index contributed by atoms with van der Waals surface area (Å²) in [6.07, 6.45) is 0. The number of hydrogen-bond acceptors (Lipinski definition) is 1. The fraction of sp³-hybridized carbons (Fsp3) is 0. The highest BCUT2D eigenvalue weighted by Crippen LogP contribution is 2.40. The Morgan fingerprint density at radius 2 is 1.67 bits per heavy atom. The Morgan fingerprint density at radius 3 is 2.53 bits per heavy atom. The van der Waals surface area contributed by atoms with Gasteiger partial charge in [-0.2, -0.15) is 0 Å². The molecule has 0 saturated heterocycles. The van der Waals surface area contributed by atoms with Crippen LogP contribution in [0.4, 0.5) is 0 Å². The van der Waals surface area contributed by atoms with Crippen molar-refractivity contribution in [1.82, 2.24) is 0 Å². The second-order valence-corrected chi connectivity index (χ2v) is 5.74. The van der Waals surface area contributed by atoms with Gasteiger partial charge in [-0.05, 0) is 35.0 Å². The first kappa shape index (κ1) is 9.33. The Morgan fingerprint density at radius 1 is 0.933 bits per heavy atom. The normalized spacial score (nSPS) is 12.5. The van der Waals surface area contributed by atoms with Crippen LogP contribution in [0.25, 0.3) is 20.2 Å². The molecule has 0 spiro atoms. The molecule has 1 heterocycles. The molecule has 1 aromatic heterocycles. The topological polar surface area (TPSA) is 23.1 Å². The Hall–Kier alpha value is -0.900. The van der Waals surface area contributed by atoms with Crippen molar-refractivity contribution in [3.8, 4) is 0 Å². The van der Waals surface area contributed by atoms with Crippen LogP contribution >= 0.6 is 26.7 Å². The van der Waals surface area contributed by atoms with Crippen LogP contribution in [-0.4, -0.2) is 4.55 Å². The summed E-state index contributed by atoms with van der Waals surface area (Å²) >= 11 is 3.40. The van der Waals surface area contributed by atoms with Crippen molar-refractivity contribution >= 4 is 46.9 Å². The Labute approximate surface area is 98.3 Å². The van der Waals surface area contributed by atoms with Crippen molar-refractivity contribution in [2.45, 2.75) is 0 Å². The molecule has 1 atom stereocenters. The van der Waals surface area contributed by atoms with Crippen molar-refractivity contribution in [3.63, 3.8) is 0 Å². The summed E-state index contributed by atoms with van der Waals surface area (Å²) in [7, 11) is -1.01. The molecule has 3 heteroatoms. The largest absolute Gasteiger partial charge is 0.590 e. The first-order chi connectivity index (χ1) is 7.27. The van der Waals surface area contributed by atoms with E-state index in [4.69, 9.17) is 0 Å². The lowest BCUT2D eigenvalue weighted by Gasteiger charge is -1.91. The third-order valence-corrected chi connectivity index (χ3v) is 4.51. The highest BCUT2D eigenvalue weighted by atomic mass is 79.9. The van der Waals surface area contributed by atoms with E-state index in [9.17, 15) is 4.55 Å². The van der Waals surface area contributed by atoms with Gasteiger partial charge >= 0.3 is 0 Å². The van der Waals surface area contributed by atoms with E-state index in [2.05, 4.69) is 15.9 Å². The average Bonchev–Trinajstić information content (AvgIpc) is 2.54. The highest BCUT2D eigenvalue weighted by Gasteiger charge is 2.14. The summed E-state index contributed by atoms with van der Waals surface area (Å²) in [5, 5.41) is 2.19. The van der Waals surface area contributed by atoms with Gasteiger partial charge in [-0.1, -0.05) is 28.1 Å². The summed E-state index contributed by atoms with van der Waals surface area (Å²) in [6, 6.07) is 13.8. The van der Waals surface area contributed by atoms with Gasteiger partial charge in [0.25, 0.3) is 0 Å². The van der Waals surface area contributed by atoms with Crippen LogP contribution < -0.4 is 0 Å². The van der Waals surface area contributed by atoms with Crippen LogP contribution in [-0.2, 0) is 0 Å². The monoisotopic (exact) mass is 278 g/mol. The fourth-order valence-corrected chi connectivity index (χ4v) is 3.78. The number of fused-ring (bicyclic) bond motifs is 3. The van der Waals surface area contributed by atoms with Gasteiger partial charge in [-0.15, -0.1) is 0 Å². The van der Waals surface area contributed by atoms with Crippen LogP contribution in [0, 0.1) is 0 Å². The van der Waals surface area contributed by atoms with Crippen molar-refractivity contribution in [2.24, 2.45) is 0 Å². The molecule has 0 radical (unpaired) electrons. The molecule has 0 aliphatic heterocycles. The first-order valence-corrected chi connectivity index (χ1v) is 6.52. The zero-order chi connectivity index (χ0) is 10.4. The van der Waals surface area contributed by atoms with E-state index in [1.54, 1.807) is 0 Å². The summed E-state index contributed by atoms with van der Waals surface area (Å²) in [4.78, 5) is 0. The highest BCUT2D eigenvalue weighted by molar-refractivity contribution is 9.10. The van der Waals surface area contributed by atoms with Crippen molar-refractivity contribution < 1.29 is 4.55 Å². The summed E-state index contributed by atoms with van der Waals surface area (Å²) in [5.41, 5.74) is 0. The number of benzene rings is 2. The third kappa shape index (κ3) is 1.31. The van der Waals surface area contributed by atoms with Gasteiger partial charge in [0.1, 0.15) is 0 Å². The molecule has 0 aliphatic carbocycles. The summed E-state index contributed by atoms with van der Waals surface area (Å²) < 4.78 is 14.9. The molecule has 15 heavy (non-hydrogen) atoms. The summed E-state index contributed by atoms with van der Waals surface area (Å²) in [6.45, 7) is 0. The molecule has 0 fully saturated rings. The van der Waals surface area contributed by atoms with E-state index in [1.807, 2.05) is 42.5 Å². The van der Waals surface area contributed by atoms with Gasteiger partial charge in [0, 0.05) is 21.3 Å². The quantitative estimate of drug-likeness (QED) is 0.556. The second kappa shape index (κ2) is 3.30. The molecule has 0 aliphatic rings. The van der Waals surface area contributed by atoms with E-state index >= 15 is 0 Å². The molecule has 74 valence electrons. The van der Waals surface area contributed by atoms with Gasteiger partial charge < -0.3 is 4.55 Å². The van der Waals surface area contributed by atoms with E-state index in [0.717, 1.165) is 24.6 Å². The third-order valence-electron chi connectivity index (χ3n) is 2.52. The van der Waals surface area contributed by atoms with Crippen molar-refractivity contribution in [3.05, 3.63) is 46.9 Å². The Bertz CT molecular complexity index is 657. The van der Waals surface area contributed by atoms with Gasteiger partial charge in [0.2, 0.25) is 0 Å².